The predicted octanol–water partition coefficient (Wildman–Crippen LogP) is 3.69. The number of carbonyl (C=O) groups excluding carboxylic acids is 1. The number of carbonyl (C=O) groups is 1. The Morgan fingerprint density at radius 1 is 1.35 bits per heavy atom. The molecule has 1 aromatic carbocycles. The van der Waals surface area contributed by atoms with E-state index in [1.54, 1.807) is 6.07 Å². The first-order valence-corrected chi connectivity index (χ1v) is 6.56. The first-order valence-electron chi connectivity index (χ1n) is 6.18. The third kappa shape index (κ3) is 4.88. The number of hydrogen-bond acceptors (Lipinski definition) is 2. The smallest absolute Gasteiger partial charge is 0.252 e. The molecule has 3 heteroatoms. The van der Waals surface area contributed by atoms with Crippen LogP contribution in [0.5, 0.6) is 0 Å². The standard InChI is InChI=1S/C14H20ClNO/c1-3-5-9-16(4-2)11-12-7-6-8-13(10-12)14(15)17/h6-8,10H,3-5,9,11H2,1-2H3. The second-order valence-electron chi connectivity index (χ2n) is 4.20. The highest BCUT2D eigenvalue weighted by atomic mass is 35.5. The average molecular weight is 254 g/mol. The Hall–Kier alpha value is -0.860. The van der Waals surface area contributed by atoms with Gasteiger partial charge in [0, 0.05) is 12.1 Å². The highest BCUT2D eigenvalue weighted by Gasteiger charge is 2.06. The molecule has 1 aromatic rings. The second kappa shape index (κ2) is 7.46. The van der Waals surface area contributed by atoms with Crippen molar-refractivity contribution in [3.63, 3.8) is 0 Å². The average Bonchev–Trinajstić information content (AvgIpc) is 2.34. The molecule has 0 saturated heterocycles. The van der Waals surface area contributed by atoms with Gasteiger partial charge in [-0.1, -0.05) is 38.5 Å². The van der Waals surface area contributed by atoms with Crippen molar-refractivity contribution in [3.8, 4) is 0 Å². The normalized spacial score (nSPS) is 10.8. The molecule has 0 atom stereocenters. The minimum absolute atomic E-state index is 0.386. The Morgan fingerprint density at radius 3 is 2.71 bits per heavy atom. The molecule has 2 nitrogen and oxygen atoms in total. The van der Waals surface area contributed by atoms with Gasteiger partial charge < -0.3 is 0 Å². The Labute approximate surface area is 109 Å². The second-order valence-corrected chi connectivity index (χ2v) is 4.54. The molecule has 0 aliphatic rings. The minimum Gasteiger partial charge on any atom is -0.299 e. The molecule has 0 saturated carbocycles. The van der Waals surface area contributed by atoms with Crippen molar-refractivity contribution in [1.82, 2.24) is 4.90 Å². The van der Waals surface area contributed by atoms with Crippen LogP contribution in [0.4, 0.5) is 0 Å². The highest BCUT2D eigenvalue weighted by Crippen LogP contribution is 2.11. The van der Waals surface area contributed by atoms with Crippen molar-refractivity contribution in [2.24, 2.45) is 0 Å². The van der Waals surface area contributed by atoms with E-state index < -0.39 is 0 Å². The molecular weight excluding hydrogens is 234 g/mol. The van der Waals surface area contributed by atoms with Gasteiger partial charge in [-0.2, -0.15) is 0 Å². The van der Waals surface area contributed by atoms with Crippen molar-refractivity contribution >= 4 is 16.8 Å². The number of unbranched alkanes of at least 4 members (excludes halogenated alkanes) is 1. The molecule has 0 heterocycles. The zero-order valence-electron chi connectivity index (χ0n) is 10.6. The zero-order chi connectivity index (χ0) is 12.7. The lowest BCUT2D eigenvalue weighted by atomic mass is 10.1. The molecule has 0 radical (unpaired) electrons. The van der Waals surface area contributed by atoms with E-state index >= 15 is 0 Å². The fourth-order valence-electron chi connectivity index (χ4n) is 1.78. The summed E-state index contributed by atoms with van der Waals surface area (Å²) < 4.78 is 0. The molecule has 0 spiro atoms. The number of benzene rings is 1. The molecular formula is C14H20ClNO. The summed E-state index contributed by atoms with van der Waals surface area (Å²) in [5.74, 6) is 0. The van der Waals surface area contributed by atoms with Gasteiger partial charge in [0.05, 0.1) is 0 Å². The largest absolute Gasteiger partial charge is 0.299 e. The van der Waals surface area contributed by atoms with E-state index in [4.69, 9.17) is 11.6 Å². The van der Waals surface area contributed by atoms with Gasteiger partial charge in [-0.3, -0.25) is 9.69 Å². The summed E-state index contributed by atoms with van der Waals surface area (Å²) >= 11 is 5.48. The van der Waals surface area contributed by atoms with Crippen LogP contribution >= 0.6 is 11.6 Å². The van der Waals surface area contributed by atoms with Crippen LogP contribution in [-0.4, -0.2) is 23.2 Å². The minimum atomic E-state index is -0.386. The van der Waals surface area contributed by atoms with Gasteiger partial charge in [-0.05, 0) is 42.7 Å². The van der Waals surface area contributed by atoms with E-state index in [-0.39, 0.29) is 5.24 Å². The quantitative estimate of drug-likeness (QED) is 0.691. The monoisotopic (exact) mass is 253 g/mol. The first-order chi connectivity index (χ1) is 8.17. The molecule has 0 unspecified atom stereocenters. The number of hydrogen-bond donors (Lipinski definition) is 0. The summed E-state index contributed by atoms with van der Waals surface area (Å²) in [5.41, 5.74) is 1.73. The van der Waals surface area contributed by atoms with Gasteiger partial charge >= 0.3 is 0 Å². The maximum absolute atomic E-state index is 11.1. The van der Waals surface area contributed by atoms with Gasteiger partial charge in [0.25, 0.3) is 5.24 Å². The van der Waals surface area contributed by atoms with E-state index in [1.807, 2.05) is 18.2 Å². The number of halogens is 1. The van der Waals surface area contributed by atoms with Crippen molar-refractivity contribution in [2.75, 3.05) is 13.1 Å². The molecule has 94 valence electrons. The lowest BCUT2D eigenvalue weighted by Gasteiger charge is -2.20. The molecule has 17 heavy (non-hydrogen) atoms. The molecule has 0 aliphatic carbocycles. The van der Waals surface area contributed by atoms with Crippen LogP contribution < -0.4 is 0 Å². The van der Waals surface area contributed by atoms with Crippen LogP contribution in [0.1, 0.15) is 42.6 Å². The van der Waals surface area contributed by atoms with Crippen LogP contribution in [0.25, 0.3) is 0 Å². The van der Waals surface area contributed by atoms with Gasteiger partial charge in [-0.15, -0.1) is 0 Å². The number of rotatable bonds is 7. The van der Waals surface area contributed by atoms with E-state index in [9.17, 15) is 4.79 Å². The lowest BCUT2D eigenvalue weighted by molar-refractivity contribution is 0.108. The van der Waals surface area contributed by atoms with Crippen molar-refractivity contribution < 1.29 is 4.79 Å². The topological polar surface area (TPSA) is 20.3 Å². The van der Waals surface area contributed by atoms with Gasteiger partial charge in [0.2, 0.25) is 0 Å². The third-order valence-corrected chi connectivity index (χ3v) is 3.05. The van der Waals surface area contributed by atoms with Crippen molar-refractivity contribution in [2.45, 2.75) is 33.2 Å². The van der Waals surface area contributed by atoms with E-state index in [1.165, 1.54) is 12.8 Å². The fraction of sp³-hybridized carbons (Fsp3) is 0.500. The summed E-state index contributed by atoms with van der Waals surface area (Å²) in [7, 11) is 0. The number of nitrogens with zero attached hydrogens (tertiary/aromatic N) is 1. The summed E-state index contributed by atoms with van der Waals surface area (Å²) in [5, 5.41) is -0.386. The Kier molecular flexibility index (Phi) is 6.23. The summed E-state index contributed by atoms with van der Waals surface area (Å²) in [6.07, 6.45) is 2.42. The molecule has 0 fully saturated rings. The molecule has 1 rings (SSSR count). The molecule has 0 bridgehead atoms. The summed E-state index contributed by atoms with van der Waals surface area (Å²) in [6, 6.07) is 7.56. The Morgan fingerprint density at radius 2 is 2.12 bits per heavy atom. The van der Waals surface area contributed by atoms with Crippen LogP contribution in [0.15, 0.2) is 24.3 Å². The van der Waals surface area contributed by atoms with Crippen molar-refractivity contribution in [1.29, 1.82) is 0 Å². The molecule has 0 aromatic heterocycles. The van der Waals surface area contributed by atoms with Gasteiger partial charge in [0.15, 0.2) is 0 Å². The maximum atomic E-state index is 11.1. The van der Waals surface area contributed by atoms with Crippen molar-refractivity contribution in [3.05, 3.63) is 35.4 Å². The summed E-state index contributed by atoms with van der Waals surface area (Å²) in [6.45, 7) is 7.37. The first kappa shape index (κ1) is 14.2. The SMILES string of the molecule is CCCCN(CC)Cc1cccc(C(=O)Cl)c1. The Balaban J connectivity index is 2.65. The molecule has 0 aliphatic heterocycles. The third-order valence-electron chi connectivity index (χ3n) is 2.84. The van der Waals surface area contributed by atoms with Crippen LogP contribution in [-0.2, 0) is 6.54 Å². The lowest BCUT2D eigenvalue weighted by Crippen LogP contribution is -2.24. The van der Waals surface area contributed by atoms with Crippen LogP contribution in [0, 0.1) is 0 Å². The highest BCUT2D eigenvalue weighted by molar-refractivity contribution is 6.67. The van der Waals surface area contributed by atoms with E-state index in [0.717, 1.165) is 25.2 Å². The fourth-order valence-corrected chi connectivity index (χ4v) is 1.90. The predicted molar refractivity (Wildman–Crippen MR) is 72.5 cm³/mol. The molecule has 0 N–H and O–H groups in total. The van der Waals surface area contributed by atoms with E-state index in [2.05, 4.69) is 18.7 Å². The Bertz CT molecular complexity index is 365. The van der Waals surface area contributed by atoms with Gasteiger partial charge in [-0.25, -0.2) is 0 Å². The van der Waals surface area contributed by atoms with Crippen LogP contribution in [0.2, 0.25) is 0 Å². The zero-order valence-corrected chi connectivity index (χ0v) is 11.3. The molecule has 0 amide bonds. The maximum Gasteiger partial charge on any atom is 0.252 e. The van der Waals surface area contributed by atoms with Gasteiger partial charge in [0.1, 0.15) is 0 Å². The van der Waals surface area contributed by atoms with Crippen LogP contribution in [0.3, 0.4) is 0 Å². The van der Waals surface area contributed by atoms with E-state index in [0.29, 0.717) is 5.56 Å². The summed E-state index contributed by atoms with van der Waals surface area (Å²) in [4.78, 5) is 13.5.